The van der Waals surface area contributed by atoms with Crippen molar-refractivity contribution in [2.24, 2.45) is 5.92 Å². The number of carbonyl (C=O) groups excluding carboxylic acids is 1. The Morgan fingerprint density at radius 1 is 1.21 bits per heavy atom. The van der Waals surface area contributed by atoms with E-state index < -0.39 is 10.0 Å². The van der Waals surface area contributed by atoms with Gasteiger partial charge in [-0.05, 0) is 42.9 Å². The van der Waals surface area contributed by atoms with Gasteiger partial charge in [-0.1, -0.05) is 32.9 Å². The first-order chi connectivity index (χ1) is 11.4. The van der Waals surface area contributed by atoms with Crippen molar-refractivity contribution in [2.45, 2.75) is 50.8 Å². The van der Waals surface area contributed by atoms with Crippen LogP contribution in [0, 0.1) is 5.92 Å². The monoisotopic (exact) mass is 352 g/mol. The first-order valence-electron chi connectivity index (χ1n) is 8.74. The zero-order chi connectivity index (χ0) is 17.7. The first-order valence-corrected chi connectivity index (χ1v) is 10.2. The number of benzene rings is 1. The zero-order valence-electron chi connectivity index (χ0n) is 14.8. The van der Waals surface area contributed by atoms with Crippen LogP contribution in [-0.4, -0.2) is 38.3 Å². The van der Waals surface area contributed by atoms with Crippen LogP contribution in [0.25, 0.3) is 0 Å². The molecule has 1 fully saturated rings. The Kier molecular flexibility index (Phi) is 6.40. The van der Waals surface area contributed by atoms with E-state index in [1.807, 2.05) is 19.1 Å². The molecule has 0 radical (unpaired) electrons. The van der Waals surface area contributed by atoms with Crippen molar-refractivity contribution in [3.63, 3.8) is 0 Å². The second-order valence-electron chi connectivity index (χ2n) is 6.69. The maximum atomic E-state index is 12.7. The molecule has 0 atom stereocenters. The minimum Gasteiger partial charge on any atom is -0.356 e. The molecule has 1 aliphatic rings. The minimum atomic E-state index is -3.47. The fraction of sp³-hybridized carbons (Fsp3) is 0.611. The quantitative estimate of drug-likeness (QED) is 0.856. The van der Waals surface area contributed by atoms with Gasteiger partial charge in [-0.3, -0.25) is 4.79 Å². The second kappa shape index (κ2) is 8.12. The average Bonchev–Trinajstić information content (AvgIpc) is 2.59. The molecule has 5 nitrogen and oxygen atoms in total. The van der Waals surface area contributed by atoms with Crippen molar-refractivity contribution >= 4 is 15.9 Å². The van der Waals surface area contributed by atoms with Crippen LogP contribution in [0.1, 0.15) is 51.5 Å². The number of amides is 1. The molecule has 1 aromatic rings. The summed E-state index contributed by atoms with van der Waals surface area (Å²) in [6.07, 6.45) is 2.07. The molecule has 0 saturated carbocycles. The number of sulfonamides is 1. The maximum absolute atomic E-state index is 12.7. The van der Waals surface area contributed by atoms with Crippen molar-refractivity contribution < 1.29 is 13.2 Å². The topological polar surface area (TPSA) is 66.5 Å². The number of piperidine rings is 1. The summed E-state index contributed by atoms with van der Waals surface area (Å²) in [5.74, 6) is 0.348. The third-order valence-corrected chi connectivity index (χ3v) is 6.47. The highest BCUT2D eigenvalue weighted by molar-refractivity contribution is 7.89. The zero-order valence-corrected chi connectivity index (χ0v) is 15.6. The van der Waals surface area contributed by atoms with Crippen molar-refractivity contribution in [2.75, 3.05) is 19.6 Å². The van der Waals surface area contributed by atoms with Crippen LogP contribution in [0.5, 0.6) is 0 Å². The Balaban J connectivity index is 2.00. The highest BCUT2D eigenvalue weighted by Gasteiger charge is 2.31. The van der Waals surface area contributed by atoms with Gasteiger partial charge in [-0.15, -0.1) is 0 Å². The molecule has 1 amide bonds. The Labute approximate surface area is 145 Å². The van der Waals surface area contributed by atoms with E-state index in [-0.39, 0.29) is 11.8 Å². The molecule has 24 heavy (non-hydrogen) atoms. The largest absolute Gasteiger partial charge is 0.356 e. The second-order valence-corrected chi connectivity index (χ2v) is 8.63. The molecule has 2 rings (SSSR count). The van der Waals surface area contributed by atoms with E-state index in [0.29, 0.717) is 43.3 Å². The third-order valence-electron chi connectivity index (χ3n) is 4.56. The van der Waals surface area contributed by atoms with Crippen molar-refractivity contribution in [1.82, 2.24) is 9.62 Å². The van der Waals surface area contributed by atoms with Crippen LogP contribution in [-0.2, 0) is 14.8 Å². The molecule has 1 aromatic carbocycles. The molecule has 6 heteroatoms. The first kappa shape index (κ1) is 18.9. The van der Waals surface area contributed by atoms with Gasteiger partial charge in [0.25, 0.3) is 0 Å². The maximum Gasteiger partial charge on any atom is 0.243 e. The lowest BCUT2D eigenvalue weighted by molar-refractivity contribution is -0.126. The molecule has 0 spiro atoms. The van der Waals surface area contributed by atoms with Gasteiger partial charge in [0.15, 0.2) is 0 Å². The van der Waals surface area contributed by atoms with E-state index in [4.69, 9.17) is 0 Å². The Bertz CT molecular complexity index is 645. The highest BCUT2D eigenvalue weighted by Crippen LogP contribution is 2.25. The molecule has 0 bridgehead atoms. The van der Waals surface area contributed by atoms with Crippen molar-refractivity contribution in [1.29, 1.82) is 0 Å². The summed E-state index contributed by atoms with van der Waals surface area (Å²) >= 11 is 0. The predicted octanol–water partition coefficient (Wildman–Crippen LogP) is 2.74. The van der Waals surface area contributed by atoms with E-state index in [1.54, 1.807) is 12.1 Å². The molecule has 1 N–H and O–H groups in total. The average molecular weight is 353 g/mol. The molecular formula is C18H28N2O3S. The summed E-state index contributed by atoms with van der Waals surface area (Å²) in [6, 6.07) is 7.13. The van der Waals surface area contributed by atoms with Crippen molar-refractivity contribution in [3.05, 3.63) is 29.8 Å². The lowest BCUT2D eigenvalue weighted by Crippen LogP contribution is -2.43. The van der Waals surface area contributed by atoms with Crippen LogP contribution in [0.4, 0.5) is 0 Å². The summed E-state index contributed by atoms with van der Waals surface area (Å²) in [5, 5.41) is 2.90. The standard InChI is InChI=1S/C18H28N2O3S/c1-4-11-19-18(21)16-9-12-20(13-10-16)24(22,23)17-7-5-15(6-8-17)14(2)3/h5-8,14,16H,4,9-13H2,1-3H3,(H,19,21). The molecule has 0 aliphatic carbocycles. The fourth-order valence-electron chi connectivity index (χ4n) is 2.92. The van der Waals surface area contributed by atoms with Crippen LogP contribution < -0.4 is 5.32 Å². The van der Waals surface area contributed by atoms with E-state index in [9.17, 15) is 13.2 Å². The third kappa shape index (κ3) is 4.36. The highest BCUT2D eigenvalue weighted by atomic mass is 32.2. The van der Waals surface area contributed by atoms with E-state index >= 15 is 0 Å². The Morgan fingerprint density at radius 2 is 1.79 bits per heavy atom. The fourth-order valence-corrected chi connectivity index (χ4v) is 4.39. The Morgan fingerprint density at radius 3 is 2.29 bits per heavy atom. The van der Waals surface area contributed by atoms with Gasteiger partial charge < -0.3 is 5.32 Å². The van der Waals surface area contributed by atoms with Gasteiger partial charge in [-0.2, -0.15) is 4.31 Å². The number of carbonyl (C=O) groups is 1. The van der Waals surface area contributed by atoms with Crippen LogP contribution in [0.3, 0.4) is 0 Å². The predicted molar refractivity (Wildman–Crippen MR) is 95.3 cm³/mol. The van der Waals surface area contributed by atoms with Gasteiger partial charge in [0.2, 0.25) is 15.9 Å². The molecule has 0 unspecified atom stereocenters. The van der Waals surface area contributed by atoms with Gasteiger partial charge in [0.1, 0.15) is 0 Å². The van der Waals surface area contributed by atoms with E-state index in [1.165, 1.54) is 4.31 Å². The van der Waals surface area contributed by atoms with Crippen LogP contribution in [0.15, 0.2) is 29.2 Å². The van der Waals surface area contributed by atoms with Crippen LogP contribution in [0.2, 0.25) is 0 Å². The van der Waals surface area contributed by atoms with Gasteiger partial charge in [-0.25, -0.2) is 8.42 Å². The number of nitrogens with one attached hydrogen (secondary N) is 1. The normalized spacial score (nSPS) is 17.2. The Hall–Kier alpha value is -1.40. The molecular weight excluding hydrogens is 324 g/mol. The molecule has 134 valence electrons. The summed E-state index contributed by atoms with van der Waals surface area (Å²) < 4.78 is 27.0. The van der Waals surface area contributed by atoms with Gasteiger partial charge >= 0.3 is 0 Å². The van der Waals surface area contributed by atoms with Gasteiger partial charge in [0.05, 0.1) is 4.90 Å². The molecule has 1 heterocycles. The van der Waals surface area contributed by atoms with Crippen molar-refractivity contribution in [3.8, 4) is 0 Å². The van der Waals surface area contributed by atoms with E-state index in [2.05, 4.69) is 19.2 Å². The molecule has 1 aliphatic heterocycles. The SMILES string of the molecule is CCCNC(=O)C1CCN(S(=O)(=O)c2ccc(C(C)C)cc2)CC1. The minimum absolute atomic E-state index is 0.0511. The number of rotatable bonds is 6. The summed E-state index contributed by atoms with van der Waals surface area (Å²) in [4.78, 5) is 12.3. The summed E-state index contributed by atoms with van der Waals surface area (Å²) in [6.45, 7) is 7.66. The number of hydrogen-bond acceptors (Lipinski definition) is 3. The smallest absolute Gasteiger partial charge is 0.243 e. The molecule has 0 aromatic heterocycles. The lowest BCUT2D eigenvalue weighted by Gasteiger charge is -2.30. The van der Waals surface area contributed by atoms with Crippen LogP contribution >= 0.6 is 0 Å². The number of nitrogens with zero attached hydrogens (tertiary/aromatic N) is 1. The lowest BCUT2D eigenvalue weighted by atomic mass is 9.97. The summed E-state index contributed by atoms with van der Waals surface area (Å²) in [5.41, 5.74) is 1.13. The van der Waals surface area contributed by atoms with Gasteiger partial charge in [0, 0.05) is 25.6 Å². The molecule has 1 saturated heterocycles. The van der Waals surface area contributed by atoms with E-state index in [0.717, 1.165) is 12.0 Å². The summed E-state index contributed by atoms with van der Waals surface area (Å²) in [7, 11) is -3.47. The number of hydrogen-bond donors (Lipinski definition) is 1.